The molecule has 0 spiro atoms. The van der Waals surface area contributed by atoms with Crippen LogP contribution in [0.5, 0.6) is 0 Å². The first kappa shape index (κ1) is 14.0. The SMILES string of the molecule is COC(=O)c1ccc(N(C)C/C(CN)=N/O)cc1. The van der Waals surface area contributed by atoms with Crippen LogP contribution >= 0.6 is 0 Å². The highest BCUT2D eigenvalue weighted by Crippen LogP contribution is 2.14. The summed E-state index contributed by atoms with van der Waals surface area (Å²) in [5.74, 6) is -0.372. The van der Waals surface area contributed by atoms with Crippen molar-refractivity contribution in [1.82, 2.24) is 0 Å². The average Bonchev–Trinajstić information content (AvgIpc) is 2.43. The number of carbonyl (C=O) groups is 1. The van der Waals surface area contributed by atoms with Crippen LogP contribution in [0.2, 0.25) is 0 Å². The number of hydrogen-bond acceptors (Lipinski definition) is 6. The van der Waals surface area contributed by atoms with Crippen molar-refractivity contribution in [2.24, 2.45) is 10.9 Å². The number of anilines is 1. The van der Waals surface area contributed by atoms with Gasteiger partial charge in [0.1, 0.15) is 0 Å². The van der Waals surface area contributed by atoms with Crippen LogP contribution in [0.4, 0.5) is 5.69 Å². The van der Waals surface area contributed by atoms with Crippen LogP contribution in [0.25, 0.3) is 0 Å². The van der Waals surface area contributed by atoms with Crippen molar-refractivity contribution < 1.29 is 14.7 Å². The molecule has 0 unspecified atom stereocenters. The fourth-order valence-electron chi connectivity index (χ4n) is 1.47. The summed E-state index contributed by atoms with van der Waals surface area (Å²) in [6.45, 7) is 0.617. The first-order valence-electron chi connectivity index (χ1n) is 5.41. The number of benzene rings is 1. The Hall–Kier alpha value is -2.08. The van der Waals surface area contributed by atoms with E-state index in [2.05, 4.69) is 9.89 Å². The fraction of sp³-hybridized carbons (Fsp3) is 0.333. The Labute approximate surface area is 106 Å². The molecule has 3 N–H and O–H groups in total. The van der Waals surface area contributed by atoms with Crippen molar-refractivity contribution in [1.29, 1.82) is 0 Å². The van der Waals surface area contributed by atoms with Crippen LogP contribution < -0.4 is 10.6 Å². The summed E-state index contributed by atoms with van der Waals surface area (Å²) >= 11 is 0. The molecule has 0 aliphatic carbocycles. The Balaban J connectivity index is 2.76. The minimum Gasteiger partial charge on any atom is -0.465 e. The number of nitrogens with two attached hydrogens (primary N) is 1. The first-order chi connectivity index (χ1) is 8.62. The second-order valence-corrected chi connectivity index (χ2v) is 3.76. The van der Waals surface area contributed by atoms with Crippen LogP contribution in [0, 0.1) is 0 Å². The molecule has 1 rings (SSSR count). The normalized spacial score (nSPS) is 11.2. The minimum absolute atomic E-state index is 0.196. The summed E-state index contributed by atoms with van der Waals surface area (Å²) < 4.78 is 4.61. The number of esters is 1. The second-order valence-electron chi connectivity index (χ2n) is 3.76. The Bertz CT molecular complexity index is 429. The quantitative estimate of drug-likeness (QED) is 0.348. The van der Waals surface area contributed by atoms with Gasteiger partial charge in [0.2, 0.25) is 0 Å². The van der Waals surface area contributed by atoms with E-state index in [-0.39, 0.29) is 12.5 Å². The largest absolute Gasteiger partial charge is 0.465 e. The zero-order valence-electron chi connectivity index (χ0n) is 10.5. The van der Waals surface area contributed by atoms with Gasteiger partial charge in [-0.3, -0.25) is 0 Å². The molecular formula is C12H17N3O3. The van der Waals surface area contributed by atoms with Gasteiger partial charge >= 0.3 is 5.97 Å². The van der Waals surface area contributed by atoms with Crippen molar-refractivity contribution >= 4 is 17.4 Å². The maximum absolute atomic E-state index is 11.3. The van der Waals surface area contributed by atoms with Crippen LogP contribution in [0.3, 0.4) is 0 Å². The van der Waals surface area contributed by atoms with E-state index in [0.29, 0.717) is 17.8 Å². The van der Waals surface area contributed by atoms with E-state index in [1.165, 1.54) is 7.11 Å². The van der Waals surface area contributed by atoms with Crippen molar-refractivity contribution in [2.75, 3.05) is 32.1 Å². The summed E-state index contributed by atoms with van der Waals surface area (Å²) in [4.78, 5) is 13.1. The summed E-state index contributed by atoms with van der Waals surface area (Å²) in [6.07, 6.45) is 0. The summed E-state index contributed by atoms with van der Waals surface area (Å²) in [5, 5.41) is 11.8. The number of ether oxygens (including phenoxy) is 1. The lowest BCUT2D eigenvalue weighted by Crippen LogP contribution is -2.30. The van der Waals surface area contributed by atoms with Gasteiger partial charge in [0, 0.05) is 19.3 Å². The second kappa shape index (κ2) is 6.61. The molecule has 0 amide bonds. The van der Waals surface area contributed by atoms with E-state index in [1.807, 2.05) is 11.9 Å². The summed E-state index contributed by atoms with van der Waals surface area (Å²) in [6, 6.07) is 6.93. The number of oxime groups is 1. The molecule has 0 saturated heterocycles. The highest BCUT2D eigenvalue weighted by Gasteiger charge is 2.08. The standard InChI is InChI=1S/C12H17N3O3/c1-15(8-10(7-13)14-17)11-5-3-9(4-6-11)12(16)18-2/h3-6,17H,7-8,13H2,1-2H3/b14-10+. The number of nitrogens with zero attached hydrogens (tertiary/aromatic N) is 2. The summed E-state index contributed by atoms with van der Waals surface area (Å²) in [5.41, 5.74) is 7.27. The highest BCUT2D eigenvalue weighted by molar-refractivity contribution is 5.91. The van der Waals surface area contributed by atoms with Crippen molar-refractivity contribution in [3.63, 3.8) is 0 Å². The molecule has 0 atom stereocenters. The van der Waals surface area contributed by atoms with Gasteiger partial charge in [-0.05, 0) is 24.3 Å². The van der Waals surface area contributed by atoms with Gasteiger partial charge in [-0.15, -0.1) is 0 Å². The Kier molecular flexibility index (Phi) is 5.13. The molecule has 6 nitrogen and oxygen atoms in total. The Morgan fingerprint density at radius 2 is 2.06 bits per heavy atom. The minimum atomic E-state index is -0.372. The maximum atomic E-state index is 11.3. The molecule has 1 aromatic rings. The van der Waals surface area contributed by atoms with Gasteiger partial charge in [-0.25, -0.2) is 4.79 Å². The molecule has 0 bridgehead atoms. The zero-order valence-corrected chi connectivity index (χ0v) is 10.5. The third-order valence-corrected chi connectivity index (χ3v) is 2.53. The molecule has 0 aromatic heterocycles. The monoisotopic (exact) mass is 251 g/mol. The van der Waals surface area contributed by atoms with Gasteiger partial charge in [-0.1, -0.05) is 5.16 Å². The Morgan fingerprint density at radius 3 is 2.50 bits per heavy atom. The van der Waals surface area contributed by atoms with Crippen molar-refractivity contribution in [2.45, 2.75) is 0 Å². The number of carbonyl (C=O) groups excluding carboxylic acids is 1. The van der Waals surface area contributed by atoms with Gasteiger partial charge in [-0.2, -0.15) is 0 Å². The molecule has 0 aliphatic rings. The van der Waals surface area contributed by atoms with E-state index >= 15 is 0 Å². The smallest absolute Gasteiger partial charge is 0.337 e. The predicted octanol–water partition coefficient (Wildman–Crippen LogP) is 0.698. The molecule has 6 heteroatoms. The van der Waals surface area contributed by atoms with E-state index in [9.17, 15) is 4.79 Å². The molecular weight excluding hydrogens is 234 g/mol. The summed E-state index contributed by atoms with van der Waals surface area (Å²) in [7, 11) is 3.18. The lowest BCUT2D eigenvalue weighted by atomic mass is 10.2. The van der Waals surface area contributed by atoms with E-state index in [0.717, 1.165) is 5.69 Å². The molecule has 0 saturated carbocycles. The van der Waals surface area contributed by atoms with E-state index in [1.54, 1.807) is 24.3 Å². The third-order valence-electron chi connectivity index (χ3n) is 2.53. The molecule has 0 aliphatic heterocycles. The Morgan fingerprint density at radius 1 is 1.44 bits per heavy atom. The first-order valence-corrected chi connectivity index (χ1v) is 5.41. The van der Waals surface area contributed by atoms with Gasteiger partial charge in [0.15, 0.2) is 0 Å². The molecule has 0 fully saturated rings. The maximum Gasteiger partial charge on any atom is 0.337 e. The van der Waals surface area contributed by atoms with Gasteiger partial charge < -0.3 is 20.6 Å². The van der Waals surface area contributed by atoms with Gasteiger partial charge in [0.25, 0.3) is 0 Å². The third kappa shape index (κ3) is 3.46. The molecule has 0 radical (unpaired) electrons. The van der Waals surface area contributed by atoms with Crippen molar-refractivity contribution in [3.8, 4) is 0 Å². The van der Waals surface area contributed by atoms with Crippen LogP contribution in [-0.4, -0.2) is 44.1 Å². The van der Waals surface area contributed by atoms with E-state index < -0.39 is 0 Å². The van der Waals surface area contributed by atoms with Crippen LogP contribution in [-0.2, 0) is 4.74 Å². The number of hydrogen-bond donors (Lipinski definition) is 2. The topological polar surface area (TPSA) is 88.2 Å². The average molecular weight is 251 g/mol. The van der Waals surface area contributed by atoms with Crippen LogP contribution in [0.15, 0.2) is 29.4 Å². The molecule has 98 valence electrons. The predicted molar refractivity (Wildman–Crippen MR) is 69.3 cm³/mol. The lowest BCUT2D eigenvalue weighted by Gasteiger charge is -2.19. The van der Waals surface area contributed by atoms with E-state index in [4.69, 9.17) is 10.9 Å². The number of rotatable bonds is 5. The lowest BCUT2D eigenvalue weighted by molar-refractivity contribution is 0.0601. The highest BCUT2D eigenvalue weighted by atomic mass is 16.5. The fourth-order valence-corrected chi connectivity index (χ4v) is 1.47. The van der Waals surface area contributed by atoms with Crippen LogP contribution in [0.1, 0.15) is 10.4 Å². The zero-order chi connectivity index (χ0) is 13.5. The van der Waals surface area contributed by atoms with Crippen molar-refractivity contribution in [3.05, 3.63) is 29.8 Å². The molecule has 1 aromatic carbocycles. The molecule has 18 heavy (non-hydrogen) atoms. The molecule has 0 heterocycles. The van der Waals surface area contributed by atoms with Gasteiger partial charge in [0.05, 0.1) is 24.9 Å². The number of methoxy groups -OCH3 is 1.